The van der Waals surface area contributed by atoms with Gasteiger partial charge in [0.15, 0.2) is 0 Å². The fourth-order valence-electron chi connectivity index (χ4n) is 5.47. The number of ether oxygens (including phenoxy) is 1. The normalized spacial score (nSPS) is 24.0. The van der Waals surface area contributed by atoms with E-state index in [1.54, 1.807) is 12.3 Å². The molecule has 8 heteroatoms. The van der Waals surface area contributed by atoms with E-state index in [-0.39, 0.29) is 24.6 Å². The van der Waals surface area contributed by atoms with Crippen LogP contribution < -0.4 is 4.90 Å². The number of hydrogen-bond donors (Lipinski definition) is 0. The number of carbonyl (C=O) groups excluding carboxylic acids is 1. The molecule has 2 aromatic rings. The number of rotatable bonds is 5. The Bertz CT molecular complexity index is 987. The Morgan fingerprint density at radius 1 is 1.29 bits per heavy atom. The molecule has 31 heavy (non-hydrogen) atoms. The maximum Gasteiger partial charge on any atom is 0.248 e. The summed E-state index contributed by atoms with van der Waals surface area (Å²) in [4.78, 5) is 21.8. The first-order valence-electron chi connectivity index (χ1n) is 11.0. The minimum atomic E-state index is -0.433. The van der Waals surface area contributed by atoms with Crippen LogP contribution in [0.2, 0.25) is 0 Å². The van der Waals surface area contributed by atoms with Crippen molar-refractivity contribution in [2.45, 2.75) is 63.6 Å². The van der Waals surface area contributed by atoms with Gasteiger partial charge in [0, 0.05) is 36.9 Å². The highest BCUT2D eigenvalue weighted by Crippen LogP contribution is 2.47. The van der Waals surface area contributed by atoms with E-state index in [9.17, 15) is 4.79 Å². The van der Waals surface area contributed by atoms with Crippen molar-refractivity contribution < 1.29 is 14.1 Å². The van der Waals surface area contributed by atoms with Crippen LogP contribution in [0.25, 0.3) is 0 Å². The molecule has 2 unspecified atom stereocenters. The summed E-state index contributed by atoms with van der Waals surface area (Å²) < 4.78 is 11.6. The van der Waals surface area contributed by atoms with Gasteiger partial charge in [0.2, 0.25) is 5.91 Å². The topological polar surface area (TPSA) is 95.5 Å². The lowest BCUT2D eigenvalue weighted by atomic mass is 9.74. The van der Waals surface area contributed by atoms with Crippen LogP contribution in [0.1, 0.15) is 54.7 Å². The van der Waals surface area contributed by atoms with Gasteiger partial charge in [-0.25, -0.2) is 4.98 Å². The maximum absolute atomic E-state index is 13.1. The number of carbonyl (C=O) groups is 1. The van der Waals surface area contributed by atoms with E-state index in [0.29, 0.717) is 18.7 Å². The number of nitrogens with zero attached hydrogens (tertiary/aromatic N) is 5. The number of hydrogen-bond acceptors (Lipinski definition) is 7. The van der Waals surface area contributed by atoms with E-state index in [0.717, 1.165) is 54.9 Å². The molecule has 2 bridgehead atoms. The summed E-state index contributed by atoms with van der Waals surface area (Å²) in [6.45, 7) is 5.29. The number of nitriles is 1. The highest BCUT2D eigenvalue weighted by molar-refractivity contribution is 5.78. The molecule has 3 aliphatic rings. The number of pyridine rings is 1. The summed E-state index contributed by atoms with van der Waals surface area (Å²) in [5.74, 6) is 1.72. The number of aryl methyl sites for hydroxylation is 2. The largest absolute Gasteiger partial charge is 0.361 e. The summed E-state index contributed by atoms with van der Waals surface area (Å²) in [6.07, 6.45) is 6.57. The fraction of sp³-hybridized carbons (Fsp3) is 0.565. The zero-order valence-corrected chi connectivity index (χ0v) is 18.0. The summed E-state index contributed by atoms with van der Waals surface area (Å²) in [5.41, 5.74) is 2.00. The van der Waals surface area contributed by atoms with Gasteiger partial charge in [0.25, 0.3) is 0 Å². The second kappa shape index (κ2) is 7.65. The third-order valence-corrected chi connectivity index (χ3v) is 7.10. The van der Waals surface area contributed by atoms with Crippen LogP contribution in [-0.4, -0.2) is 52.7 Å². The van der Waals surface area contributed by atoms with Crippen LogP contribution in [0.15, 0.2) is 22.9 Å². The molecule has 8 nitrogen and oxygen atoms in total. The average Bonchev–Trinajstić information content (AvgIpc) is 3.22. The minimum absolute atomic E-state index is 0.0439. The maximum atomic E-state index is 13.1. The van der Waals surface area contributed by atoms with Crippen LogP contribution in [0.3, 0.4) is 0 Å². The summed E-state index contributed by atoms with van der Waals surface area (Å²) >= 11 is 0. The summed E-state index contributed by atoms with van der Waals surface area (Å²) in [7, 11) is 0. The van der Waals surface area contributed by atoms with Crippen LogP contribution >= 0.6 is 0 Å². The van der Waals surface area contributed by atoms with Crippen molar-refractivity contribution in [1.29, 1.82) is 5.26 Å². The van der Waals surface area contributed by atoms with Crippen molar-refractivity contribution in [3.63, 3.8) is 0 Å². The molecule has 3 fully saturated rings. The quantitative estimate of drug-likeness (QED) is 0.732. The van der Waals surface area contributed by atoms with E-state index in [1.165, 1.54) is 0 Å². The Morgan fingerprint density at radius 3 is 2.55 bits per heavy atom. The van der Waals surface area contributed by atoms with Crippen molar-refractivity contribution in [2.75, 3.05) is 24.6 Å². The zero-order chi connectivity index (χ0) is 21.6. The van der Waals surface area contributed by atoms with Crippen molar-refractivity contribution in [1.82, 2.24) is 15.0 Å². The first-order valence-corrected chi connectivity index (χ1v) is 11.0. The Hall–Kier alpha value is -2.92. The van der Waals surface area contributed by atoms with Crippen LogP contribution in [0, 0.1) is 25.2 Å². The van der Waals surface area contributed by atoms with E-state index in [2.05, 4.69) is 21.1 Å². The molecule has 4 heterocycles. The molecule has 0 N–H and O–H groups in total. The predicted molar refractivity (Wildman–Crippen MR) is 112 cm³/mol. The van der Waals surface area contributed by atoms with Gasteiger partial charge < -0.3 is 19.1 Å². The van der Waals surface area contributed by atoms with E-state index < -0.39 is 5.60 Å². The van der Waals surface area contributed by atoms with Gasteiger partial charge in [-0.15, -0.1) is 0 Å². The predicted octanol–water partition coefficient (Wildman–Crippen LogP) is 2.83. The highest BCUT2D eigenvalue weighted by Gasteiger charge is 2.46. The SMILES string of the molecule is Cc1noc(C)c1C1(OCC(=O)N2CC3CCC(C2)N3c2ccc(C#N)cn2)CCC1. The third kappa shape index (κ3) is 3.37. The van der Waals surface area contributed by atoms with Crippen molar-refractivity contribution in [2.24, 2.45) is 0 Å². The molecule has 2 aliphatic heterocycles. The Morgan fingerprint density at radius 2 is 2.03 bits per heavy atom. The van der Waals surface area contributed by atoms with Gasteiger partial charge >= 0.3 is 0 Å². The Kier molecular flexibility index (Phi) is 4.94. The molecule has 2 aromatic heterocycles. The first-order chi connectivity index (χ1) is 15.0. The summed E-state index contributed by atoms with van der Waals surface area (Å²) in [6, 6.07) is 6.34. The molecule has 0 radical (unpaired) electrons. The van der Waals surface area contributed by atoms with E-state index in [1.807, 2.05) is 24.8 Å². The van der Waals surface area contributed by atoms with Gasteiger partial charge in [-0.2, -0.15) is 5.26 Å². The minimum Gasteiger partial charge on any atom is -0.361 e. The standard InChI is InChI=1S/C23H27N5O3/c1-15-22(16(2)31-26-15)23(8-3-9-23)30-14-21(29)27-12-18-5-6-19(13-27)28(18)20-7-4-17(10-24)11-25-20/h4,7,11,18-19H,3,5-6,8-9,12-14H2,1-2H3. The Labute approximate surface area is 181 Å². The van der Waals surface area contributed by atoms with Crippen molar-refractivity contribution >= 4 is 11.7 Å². The number of amides is 1. The lowest BCUT2D eigenvalue weighted by Gasteiger charge is -2.44. The highest BCUT2D eigenvalue weighted by atomic mass is 16.5. The number of aromatic nitrogens is 2. The molecule has 2 atom stereocenters. The number of fused-ring (bicyclic) bond motifs is 2. The zero-order valence-electron chi connectivity index (χ0n) is 18.0. The van der Waals surface area contributed by atoms with Gasteiger partial charge in [0.1, 0.15) is 24.3 Å². The molecule has 0 aromatic carbocycles. The van der Waals surface area contributed by atoms with Crippen molar-refractivity contribution in [3.05, 3.63) is 40.9 Å². The number of piperazine rings is 1. The molecular formula is C23H27N5O3. The molecular weight excluding hydrogens is 394 g/mol. The third-order valence-electron chi connectivity index (χ3n) is 7.10. The fourth-order valence-corrected chi connectivity index (χ4v) is 5.47. The number of anilines is 1. The van der Waals surface area contributed by atoms with Crippen LogP contribution in [-0.2, 0) is 15.1 Å². The lowest BCUT2D eigenvalue weighted by Crippen LogP contribution is -2.56. The second-order valence-corrected chi connectivity index (χ2v) is 8.94. The molecule has 1 aliphatic carbocycles. The van der Waals surface area contributed by atoms with Gasteiger partial charge in [-0.05, 0) is 58.1 Å². The molecule has 0 spiro atoms. The number of likely N-dealkylation sites (tertiary alicyclic amines) is 1. The average molecular weight is 422 g/mol. The molecule has 1 saturated carbocycles. The second-order valence-electron chi connectivity index (χ2n) is 8.94. The van der Waals surface area contributed by atoms with Gasteiger partial charge in [-0.1, -0.05) is 5.16 Å². The smallest absolute Gasteiger partial charge is 0.248 e. The van der Waals surface area contributed by atoms with E-state index in [4.69, 9.17) is 14.5 Å². The van der Waals surface area contributed by atoms with E-state index >= 15 is 0 Å². The molecule has 162 valence electrons. The monoisotopic (exact) mass is 421 g/mol. The first kappa shape index (κ1) is 20.0. The van der Waals surface area contributed by atoms with Crippen LogP contribution in [0.5, 0.6) is 0 Å². The van der Waals surface area contributed by atoms with Gasteiger partial charge in [-0.3, -0.25) is 4.79 Å². The Balaban J connectivity index is 1.24. The van der Waals surface area contributed by atoms with Crippen molar-refractivity contribution in [3.8, 4) is 6.07 Å². The molecule has 5 rings (SSSR count). The molecule has 1 amide bonds. The lowest BCUT2D eigenvalue weighted by molar-refractivity contribution is -0.154. The summed E-state index contributed by atoms with van der Waals surface area (Å²) in [5, 5.41) is 13.1. The molecule has 2 saturated heterocycles. The van der Waals surface area contributed by atoms with Crippen LogP contribution in [0.4, 0.5) is 5.82 Å². The van der Waals surface area contributed by atoms with Gasteiger partial charge in [0.05, 0.1) is 16.9 Å².